The number of aryl methyl sites for hydroxylation is 1. The Morgan fingerprint density at radius 1 is 1.45 bits per heavy atom. The van der Waals surface area contributed by atoms with E-state index >= 15 is 0 Å². The van der Waals surface area contributed by atoms with E-state index in [4.69, 9.17) is 13.7 Å². The zero-order chi connectivity index (χ0) is 23.2. The Labute approximate surface area is 194 Å². The largest absolute Gasteiger partial charge is 0.472 e. The van der Waals surface area contributed by atoms with Gasteiger partial charge in [0.2, 0.25) is 5.91 Å². The van der Waals surface area contributed by atoms with E-state index in [-0.39, 0.29) is 25.0 Å². The standard InChI is InChI=1S/C23H22N4O5S/c1-14-17(11-26-32-14)10-25-23(29)31-13-16-2-4-18-19(9-24)22(33-20(18)8-16)27-21(28)5-3-15-6-7-30-12-15/h3,5-7,11-12,16H,2,4,8,10,13H2,1H3,(H,25,29)(H,27,28)/b5-3+. The van der Waals surface area contributed by atoms with E-state index in [2.05, 4.69) is 21.9 Å². The Morgan fingerprint density at radius 3 is 3.06 bits per heavy atom. The summed E-state index contributed by atoms with van der Waals surface area (Å²) in [5, 5.41) is 19.4. The van der Waals surface area contributed by atoms with E-state index in [1.807, 2.05) is 0 Å². The Hall–Kier alpha value is -3.84. The first-order valence-electron chi connectivity index (χ1n) is 10.4. The number of nitriles is 1. The molecule has 0 aromatic carbocycles. The van der Waals surface area contributed by atoms with Gasteiger partial charge in [-0.1, -0.05) is 5.16 Å². The van der Waals surface area contributed by atoms with Crippen molar-refractivity contribution in [3.05, 3.63) is 63.8 Å². The fraction of sp³-hybridized carbons (Fsp3) is 0.304. The molecule has 10 heteroatoms. The molecule has 2 N–H and O–H groups in total. The average Bonchev–Trinajstić information content (AvgIpc) is 3.54. The van der Waals surface area contributed by atoms with Crippen LogP contribution in [0.2, 0.25) is 0 Å². The summed E-state index contributed by atoms with van der Waals surface area (Å²) in [5.41, 5.74) is 3.06. The van der Waals surface area contributed by atoms with E-state index in [9.17, 15) is 14.9 Å². The van der Waals surface area contributed by atoms with E-state index in [1.165, 1.54) is 29.9 Å². The summed E-state index contributed by atoms with van der Waals surface area (Å²) in [5.74, 6) is 0.488. The summed E-state index contributed by atoms with van der Waals surface area (Å²) in [6, 6.07) is 3.97. The highest BCUT2D eigenvalue weighted by Crippen LogP contribution is 2.39. The SMILES string of the molecule is Cc1oncc1CNC(=O)OCC1CCc2c(sc(NC(=O)/C=C/c3ccoc3)c2C#N)C1. The number of hydrogen-bond donors (Lipinski definition) is 2. The molecule has 0 spiro atoms. The van der Waals surface area contributed by atoms with Crippen LogP contribution in [-0.2, 0) is 28.9 Å². The molecule has 1 aliphatic carbocycles. The maximum Gasteiger partial charge on any atom is 0.407 e. The smallest absolute Gasteiger partial charge is 0.407 e. The number of rotatable bonds is 7. The zero-order valence-electron chi connectivity index (χ0n) is 17.9. The molecule has 0 saturated heterocycles. The van der Waals surface area contributed by atoms with Gasteiger partial charge in [0.25, 0.3) is 0 Å². The van der Waals surface area contributed by atoms with Gasteiger partial charge in [0, 0.05) is 22.1 Å². The number of thiophene rings is 1. The first kappa shape index (κ1) is 22.4. The number of hydrogen-bond acceptors (Lipinski definition) is 8. The molecule has 2 amide bonds. The molecule has 1 aliphatic rings. The van der Waals surface area contributed by atoms with E-state index in [0.717, 1.165) is 28.0 Å². The molecule has 0 saturated carbocycles. The number of carbonyl (C=O) groups excluding carboxylic acids is 2. The highest BCUT2D eigenvalue weighted by atomic mass is 32.1. The second kappa shape index (κ2) is 10.2. The summed E-state index contributed by atoms with van der Waals surface area (Å²) in [6.07, 6.45) is 9.35. The molecule has 3 aromatic heterocycles. The molecule has 1 unspecified atom stereocenters. The number of nitrogens with one attached hydrogen (secondary N) is 2. The molecule has 9 nitrogen and oxygen atoms in total. The van der Waals surface area contributed by atoms with Crippen molar-refractivity contribution in [1.82, 2.24) is 10.5 Å². The van der Waals surface area contributed by atoms with Crippen molar-refractivity contribution in [1.29, 1.82) is 5.26 Å². The van der Waals surface area contributed by atoms with Crippen molar-refractivity contribution in [2.24, 2.45) is 5.92 Å². The number of anilines is 1. The van der Waals surface area contributed by atoms with Gasteiger partial charge in [-0.2, -0.15) is 5.26 Å². The van der Waals surface area contributed by atoms with Crippen LogP contribution in [0.1, 0.15) is 39.3 Å². The van der Waals surface area contributed by atoms with E-state index < -0.39 is 6.09 Å². The molecule has 0 radical (unpaired) electrons. The first-order chi connectivity index (χ1) is 16.0. The van der Waals surface area contributed by atoms with Gasteiger partial charge >= 0.3 is 6.09 Å². The van der Waals surface area contributed by atoms with Crippen LogP contribution < -0.4 is 10.6 Å². The molecule has 0 fully saturated rings. The van der Waals surface area contributed by atoms with Crippen molar-refractivity contribution in [3.8, 4) is 6.07 Å². The van der Waals surface area contributed by atoms with Gasteiger partial charge in [0.15, 0.2) is 0 Å². The van der Waals surface area contributed by atoms with Crippen LogP contribution in [-0.4, -0.2) is 23.8 Å². The molecular weight excluding hydrogens is 444 g/mol. The molecule has 170 valence electrons. The Bertz CT molecular complexity index is 1200. The highest BCUT2D eigenvalue weighted by molar-refractivity contribution is 7.16. The second-order valence-electron chi connectivity index (χ2n) is 7.67. The minimum absolute atomic E-state index is 0.148. The van der Waals surface area contributed by atoms with E-state index in [0.29, 0.717) is 29.2 Å². The van der Waals surface area contributed by atoms with Crippen LogP contribution in [0.15, 0.2) is 39.8 Å². The third-order valence-corrected chi connectivity index (χ3v) is 6.58. The van der Waals surface area contributed by atoms with Crippen LogP contribution in [0.25, 0.3) is 6.08 Å². The number of nitrogens with zero attached hydrogens (tertiary/aromatic N) is 2. The average molecular weight is 467 g/mol. The lowest BCUT2D eigenvalue weighted by Crippen LogP contribution is -2.27. The zero-order valence-corrected chi connectivity index (χ0v) is 18.7. The minimum Gasteiger partial charge on any atom is -0.472 e. The number of carbonyl (C=O) groups is 2. The number of amides is 2. The Balaban J connectivity index is 1.31. The molecule has 1 atom stereocenters. The highest BCUT2D eigenvalue weighted by Gasteiger charge is 2.27. The number of alkyl carbamates (subject to hydrolysis) is 1. The number of ether oxygens (including phenoxy) is 1. The lowest BCUT2D eigenvalue weighted by Gasteiger charge is -2.21. The van der Waals surface area contributed by atoms with Crippen LogP contribution in [0, 0.1) is 24.2 Å². The predicted molar refractivity (Wildman–Crippen MR) is 120 cm³/mol. The van der Waals surface area contributed by atoms with Crippen LogP contribution in [0.3, 0.4) is 0 Å². The maximum absolute atomic E-state index is 12.3. The number of furan rings is 1. The van der Waals surface area contributed by atoms with Gasteiger partial charge < -0.3 is 24.3 Å². The lowest BCUT2D eigenvalue weighted by atomic mass is 9.88. The summed E-state index contributed by atoms with van der Waals surface area (Å²) < 4.78 is 15.3. The minimum atomic E-state index is -0.498. The Morgan fingerprint density at radius 2 is 2.33 bits per heavy atom. The molecule has 3 aromatic rings. The van der Waals surface area contributed by atoms with Crippen molar-refractivity contribution in [3.63, 3.8) is 0 Å². The monoisotopic (exact) mass is 466 g/mol. The van der Waals surface area contributed by atoms with Gasteiger partial charge in [-0.25, -0.2) is 4.79 Å². The first-order valence-corrected chi connectivity index (χ1v) is 11.2. The molecule has 3 heterocycles. The van der Waals surface area contributed by atoms with Gasteiger partial charge in [-0.05, 0) is 49.8 Å². The molecule has 33 heavy (non-hydrogen) atoms. The van der Waals surface area contributed by atoms with Gasteiger partial charge in [0.05, 0.1) is 37.4 Å². The predicted octanol–water partition coefficient (Wildman–Crippen LogP) is 4.19. The van der Waals surface area contributed by atoms with Gasteiger partial charge in [-0.3, -0.25) is 4.79 Å². The third-order valence-electron chi connectivity index (χ3n) is 5.41. The molecule has 0 aliphatic heterocycles. The van der Waals surface area contributed by atoms with Crippen molar-refractivity contribution >= 4 is 34.4 Å². The van der Waals surface area contributed by atoms with Crippen LogP contribution >= 0.6 is 11.3 Å². The van der Waals surface area contributed by atoms with Crippen molar-refractivity contribution < 1.29 is 23.3 Å². The van der Waals surface area contributed by atoms with Gasteiger partial charge in [-0.15, -0.1) is 11.3 Å². The normalized spacial score (nSPS) is 15.1. The van der Waals surface area contributed by atoms with Gasteiger partial charge in [0.1, 0.15) is 16.8 Å². The summed E-state index contributed by atoms with van der Waals surface area (Å²) in [4.78, 5) is 25.4. The molecule has 4 rings (SSSR count). The number of fused-ring (bicyclic) bond motifs is 1. The van der Waals surface area contributed by atoms with E-state index in [1.54, 1.807) is 25.3 Å². The Kier molecular flexibility index (Phi) is 6.90. The number of aromatic nitrogens is 1. The third kappa shape index (κ3) is 5.51. The van der Waals surface area contributed by atoms with Crippen molar-refractivity contribution in [2.45, 2.75) is 32.7 Å². The fourth-order valence-corrected chi connectivity index (χ4v) is 4.91. The summed E-state index contributed by atoms with van der Waals surface area (Å²) >= 11 is 1.41. The maximum atomic E-state index is 12.3. The second-order valence-corrected chi connectivity index (χ2v) is 8.77. The topological polar surface area (TPSA) is 130 Å². The quantitative estimate of drug-likeness (QED) is 0.499. The molecular formula is C23H22N4O5S. The lowest BCUT2D eigenvalue weighted by molar-refractivity contribution is -0.111. The van der Waals surface area contributed by atoms with Crippen LogP contribution in [0.5, 0.6) is 0 Å². The summed E-state index contributed by atoms with van der Waals surface area (Å²) in [7, 11) is 0. The van der Waals surface area contributed by atoms with Crippen molar-refractivity contribution in [2.75, 3.05) is 11.9 Å². The summed E-state index contributed by atoms with van der Waals surface area (Å²) in [6.45, 7) is 2.35. The van der Waals surface area contributed by atoms with Crippen LogP contribution in [0.4, 0.5) is 9.80 Å². The fourth-order valence-electron chi connectivity index (χ4n) is 3.60. The molecule has 0 bridgehead atoms.